The first kappa shape index (κ1) is 26.3. The molecule has 0 saturated carbocycles. The van der Waals surface area contributed by atoms with Crippen LogP contribution < -0.4 is 4.72 Å². The van der Waals surface area contributed by atoms with Crippen LogP contribution in [0, 0.1) is 6.92 Å². The SMILES string of the molecule is CCCC[C@@H](NS(=O)(=O)c1ccc(C)cc1)[C@H](N=C(c1ccccc1)c1ccccc1)C(=O)OC. The maximum Gasteiger partial charge on any atom is 0.332 e. The molecule has 0 heterocycles. The Morgan fingerprint density at radius 3 is 1.94 bits per heavy atom. The summed E-state index contributed by atoms with van der Waals surface area (Å²) in [6, 6.07) is 23.8. The summed E-state index contributed by atoms with van der Waals surface area (Å²) in [5.74, 6) is -0.595. The van der Waals surface area contributed by atoms with Gasteiger partial charge in [-0.05, 0) is 25.5 Å². The standard InChI is InChI=1S/C28H32N2O4S/c1-4-5-16-25(30-35(32,33)24-19-17-21(2)18-20-24)27(28(31)34-3)29-26(22-12-8-6-9-13-22)23-14-10-7-11-15-23/h6-15,17-20,25,27,30H,4-5,16H2,1-3H3/t25-,27+/m1/s1. The van der Waals surface area contributed by atoms with E-state index in [-0.39, 0.29) is 4.90 Å². The number of unbranched alkanes of at least 4 members (excludes halogenated alkanes) is 1. The number of ether oxygens (including phenoxy) is 1. The Morgan fingerprint density at radius 2 is 1.46 bits per heavy atom. The molecular formula is C28H32N2O4S. The normalized spacial score (nSPS) is 13.0. The smallest absolute Gasteiger partial charge is 0.332 e. The molecule has 6 nitrogen and oxygen atoms in total. The summed E-state index contributed by atoms with van der Waals surface area (Å²) in [5.41, 5.74) is 3.20. The van der Waals surface area contributed by atoms with Crippen LogP contribution in [0.1, 0.15) is 42.9 Å². The third kappa shape index (κ3) is 7.10. The third-order valence-electron chi connectivity index (χ3n) is 5.69. The Hall–Kier alpha value is -3.29. The van der Waals surface area contributed by atoms with Gasteiger partial charge in [0.15, 0.2) is 6.04 Å². The van der Waals surface area contributed by atoms with Crippen LogP contribution in [0.5, 0.6) is 0 Å². The number of benzene rings is 3. The molecule has 0 aromatic heterocycles. The summed E-state index contributed by atoms with van der Waals surface area (Å²) < 4.78 is 34.3. The van der Waals surface area contributed by atoms with E-state index in [1.807, 2.05) is 74.5 Å². The van der Waals surface area contributed by atoms with Crippen molar-refractivity contribution in [2.24, 2.45) is 4.99 Å². The van der Waals surface area contributed by atoms with E-state index < -0.39 is 28.1 Å². The van der Waals surface area contributed by atoms with Crippen LogP contribution in [0.2, 0.25) is 0 Å². The Kier molecular flexibility index (Phi) is 9.34. The van der Waals surface area contributed by atoms with E-state index in [0.29, 0.717) is 12.1 Å². The monoisotopic (exact) mass is 492 g/mol. The first-order valence-electron chi connectivity index (χ1n) is 11.7. The first-order valence-corrected chi connectivity index (χ1v) is 13.2. The molecule has 3 rings (SSSR count). The second-order valence-corrected chi connectivity index (χ2v) is 10.1. The number of nitrogens with zero attached hydrogens (tertiary/aromatic N) is 1. The summed E-state index contributed by atoms with van der Waals surface area (Å²) >= 11 is 0. The Morgan fingerprint density at radius 1 is 0.914 bits per heavy atom. The highest BCUT2D eigenvalue weighted by molar-refractivity contribution is 7.89. The van der Waals surface area contributed by atoms with Gasteiger partial charge < -0.3 is 4.74 Å². The average Bonchev–Trinajstić information content (AvgIpc) is 2.88. The van der Waals surface area contributed by atoms with Gasteiger partial charge in [0.1, 0.15) is 0 Å². The molecule has 0 aliphatic carbocycles. The quantitative estimate of drug-likeness (QED) is 0.304. The first-order chi connectivity index (χ1) is 16.9. The number of aryl methyl sites for hydroxylation is 1. The van der Waals surface area contributed by atoms with Crippen molar-refractivity contribution in [3.05, 3.63) is 102 Å². The zero-order valence-corrected chi connectivity index (χ0v) is 21.2. The number of carbonyl (C=O) groups excluding carboxylic acids is 1. The topological polar surface area (TPSA) is 84.8 Å². The maximum absolute atomic E-state index is 13.2. The molecule has 0 fully saturated rings. The lowest BCUT2D eigenvalue weighted by atomic mass is 9.99. The summed E-state index contributed by atoms with van der Waals surface area (Å²) in [4.78, 5) is 18.0. The number of methoxy groups -OCH3 is 1. The zero-order chi connectivity index (χ0) is 25.3. The fraction of sp³-hybridized carbons (Fsp3) is 0.286. The molecule has 0 spiro atoms. The molecular weight excluding hydrogens is 460 g/mol. The Balaban J connectivity index is 2.09. The highest BCUT2D eigenvalue weighted by Gasteiger charge is 2.33. The maximum atomic E-state index is 13.2. The van der Waals surface area contributed by atoms with E-state index >= 15 is 0 Å². The molecule has 2 atom stereocenters. The Labute approximate surface area is 208 Å². The third-order valence-corrected chi connectivity index (χ3v) is 7.20. The lowest BCUT2D eigenvalue weighted by Crippen LogP contribution is -2.47. The molecule has 3 aromatic rings. The zero-order valence-electron chi connectivity index (χ0n) is 20.3. The number of carbonyl (C=O) groups is 1. The largest absolute Gasteiger partial charge is 0.467 e. The summed E-state index contributed by atoms with van der Waals surface area (Å²) in [6.07, 6.45) is 1.99. The van der Waals surface area contributed by atoms with Crippen molar-refractivity contribution in [2.45, 2.75) is 50.1 Å². The molecule has 0 aliphatic heterocycles. The second-order valence-electron chi connectivity index (χ2n) is 8.36. The predicted molar refractivity (Wildman–Crippen MR) is 139 cm³/mol. The van der Waals surface area contributed by atoms with Crippen molar-refractivity contribution in [3.63, 3.8) is 0 Å². The minimum absolute atomic E-state index is 0.142. The number of sulfonamides is 1. The van der Waals surface area contributed by atoms with Crippen molar-refractivity contribution in [1.29, 1.82) is 0 Å². The molecule has 0 saturated heterocycles. The van der Waals surface area contributed by atoms with Gasteiger partial charge in [-0.15, -0.1) is 0 Å². The fourth-order valence-corrected chi connectivity index (χ4v) is 5.04. The van der Waals surface area contributed by atoms with Crippen LogP contribution in [0.4, 0.5) is 0 Å². The lowest BCUT2D eigenvalue weighted by molar-refractivity contribution is -0.142. The summed E-state index contributed by atoms with van der Waals surface area (Å²) in [5, 5.41) is 0. The van der Waals surface area contributed by atoms with Crippen molar-refractivity contribution >= 4 is 21.7 Å². The number of nitrogens with one attached hydrogen (secondary N) is 1. The second kappa shape index (κ2) is 12.4. The molecule has 7 heteroatoms. The van der Waals surface area contributed by atoms with E-state index in [0.717, 1.165) is 29.5 Å². The van der Waals surface area contributed by atoms with E-state index in [1.54, 1.807) is 24.3 Å². The molecule has 3 aromatic carbocycles. The van der Waals surface area contributed by atoms with Crippen LogP contribution in [0.15, 0.2) is 94.8 Å². The minimum atomic E-state index is -3.89. The fourth-order valence-electron chi connectivity index (χ4n) is 3.76. The molecule has 0 unspecified atom stereocenters. The molecule has 0 bridgehead atoms. The van der Waals surface area contributed by atoms with Crippen molar-refractivity contribution in [2.75, 3.05) is 7.11 Å². The van der Waals surface area contributed by atoms with E-state index in [1.165, 1.54) is 7.11 Å². The number of esters is 1. The van der Waals surface area contributed by atoms with Crippen LogP contribution in [-0.2, 0) is 19.6 Å². The lowest BCUT2D eigenvalue weighted by Gasteiger charge is -2.25. The van der Waals surface area contributed by atoms with Gasteiger partial charge in [0.25, 0.3) is 0 Å². The van der Waals surface area contributed by atoms with Crippen molar-refractivity contribution in [1.82, 2.24) is 4.72 Å². The van der Waals surface area contributed by atoms with Crippen LogP contribution in [-0.4, -0.2) is 39.3 Å². The molecule has 0 radical (unpaired) electrons. The number of aliphatic imine (C=N–C) groups is 1. The number of hydrogen-bond donors (Lipinski definition) is 1. The van der Waals surface area contributed by atoms with Gasteiger partial charge in [-0.1, -0.05) is 98.1 Å². The van der Waals surface area contributed by atoms with Crippen LogP contribution in [0.3, 0.4) is 0 Å². The molecule has 0 aliphatic rings. The van der Waals surface area contributed by atoms with Crippen molar-refractivity contribution < 1.29 is 17.9 Å². The minimum Gasteiger partial charge on any atom is -0.467 e. The summed E-state index contributed by atoms with van der Waals surface area (Å²) in [6.45, 7) is 3.91. The van der Waals surface area contributed by atoms with Crippen LogP contribution >= 0.6 is 0 Å². The van der Waals surface area contributed by atoms with Gasteiger partial charge in [-0.25, -0.2) is 17.9 Å². The van der Waals surface area contributed by atoms with Gasteiger partial charge in [0.2, 0.25) is 10.0 Å². The Bertz CT molecular complexity index is 1180. The molecule has 1 N–H and O–H groups in total. The van der Waals surface area contributed by atoms with E-state index in [2.05, 4.69) is 4.72 Å². The molecule has 184 valence electrons. The van der Waals surface area contributed by atoms with Gasteiger partial charge in [-0.3, -0.25) is 4.99 Å². The van der Waals surface area contributed by atoms with E-state index in [9.17, 15) is 13.2 Å². The predicted octanol–water partition coefficient (Wildman–Crippen LogP) is 4.91. The molecule has 0 amide bonds. The average molecular weight is 493 g/mol. The van der Waals surface area contributed by atoms with Gasteiger partial charge >= 0.3 is 5.97 Å². The highest BCUT2D eigenvalue weighted by atomic mass is 32.2. The van der Waals surface area contributed by atoms with E-state index in [4.69, 9.17) is 9.73 Å². The molecule has 35 heavy (non-hydrogen) atoms. The van der Waals surface area contributed by atoms with Crippen LogP contribution in [0.25, 0.3) is 0 Å². The number of hydrogen-bond acceptors (Lipinski definition) is 5. The van der Waals surface area contributed by atoms with Crippen molar-refractivity contribution in [3.8, 4) is 0 Å². The van der Waals surface area contributed by atoms with Gasteiger partial charge in [-0.2, -0.15) is 0 Å². The highest BCUT2D eigenvalue weighted by Crippen LogP contribution is 2.19. The number of rotatable bonds is 11. The summed E-state index contributed by atoms with van der Waals surface area (Å²) in [7, 11) is -2.59. The van der Waals surface area contributed by atoms with Gasteiger partial charge in [0, 0.05) is 11.1 Å². The van der Waals surface area contributed by atoms with Gasteiger partial charge in [0.05, 0.1) is 23.8 Å².